The quantitative estimate of drug-likeness (QED) is 0.0786. The van der Waals surface area contributed by atoms with E-state index in [1.165, 1.54) is 0 Å². The molecule has 8 N–H and O–H groups in total. The fourth-order valence-electron chi connectivity index (χ4n) is 14.1. The first-order valence-corrected chi connectivity index (χ1v) is 33.0. The Kier molecular flexibility index (Phi) is 21.8. The zero-order valence-corrected chi connectivity index (χ0v) is 50.3. The van der Waals surface area contributed by atoms with E-state index >= 15 is 9.59 Å². The average molecular weight is 1170 g/mol. The summed E-state index contributed by atoms with van der Waals surface area (Å²) in [5, 5.41) is 25.6. The van der Waals surface area contributed by atoms with E-state index in [4.69, 9.17) is 0 Å². The van der Waals surface area contributed by atoms with Crippen LogP contribution in [0.25, 0.3) is 0 Å². The highest BCUT2D eigenvalue weighted by atomic mass is 32.2. The fraction of sp³-hybridized carbons (Fsp3) is 0.677. The summed E-state index contributed by atoms with van der Waals surface area (Å²) in [5.41, 5.74) is 2.09. The standard InChI is InChI=1S/C62H90N10O8S2/c1-5-63-37(3)55(73)69-53(39-17-9-7-10-18-39)61(79)71-35-43(33-49(71)59(77)67-47-29-31-81-51-23-15-13-21-45(47)51)65-57(75)41-25-27-42(28-26-41)58(76)66-44-34-50(60(78)68-48-30-32-82-52-24-16-14-22-46(48)52)72(36-44)62(80)54(40-19-11-8-12-20-40)70-56(74)38(4)64-6-2/h13-16,21-24,37-44,47-50,53-54,63-64H,5-12,17-20,25-36H2,1-4H3,(H,65,75)(H,66,76)(H,67,77)(H,68,78)(H,69,73)(H,70,74)/t37-,38-,41?,42?,43-,44-,47-,48+,49-,50-,53-,54-/m0/s1. The van der Waals surface area contributed by atoms with Crippen LogP contribution in [0, 0.1) is 23.7 Å². The number of nitrogens with one attached hydrogen (secondary N) is 8. The van der Waals surface area contributed by atoms with Crippen molar-refractivity contribution < 1.29 is 38.4 Å². The maximum absolute atomic E-state index is 15.0. The van der Waals surface area contributed by atoms with E-state index in [9.17, 15) is 28.8 Å². The zero-order chi connectivity index (χ0) is 57.9. The molecule has 2 aromatic rings. The summed E-state index contributed by atoms with van der Waals surface area (Å²) in [5.74, 6) is -1.30. The number of benzene rings is 2. The molecule has 0 spiro atoms. The van der Waals surface area contributed by atoms with Crippen molar-refractivity contribution >= 4 is 70.8 Å². The first kappa shape index (κ1) is 61.4. The van der Waals surface area contributed by atoms with E-state index in [0.29, 0.717) is 38.8 Å². The molecule has 8 amide bonds. The molecule has 4 heterocycles. The molecule has 9 rings (SSSR count). The van der Waals surface area contributed by atoms with Crippen molar-refractivity contribution in [3.63, 3.8) is 0 Å². The van der Waals surface area contributed by atoms with Gasteiger partial charge in [0.2, 0.25) is 47.3 Å². The summed E-state index contributed by atoms with van der Waals surface area (Å²) >= 11 is 3.52. The number of hydrogen-bond donors (Lipinski definition) is 8. The topological polar surface area (TPSA) is 239 Å². The molecule has 3 aliphatic carbocycles. The second-order valence-corrected chi connectivity index (χ2v) is 26.5. The highest BCUT2D eigenvalue weighted by Gasteiger charge is 2.48. The van der Waals surface area contributed by atoms with Gasteiger partial charge in [-0.3, -0.25) is 38.4 Å². The van der Waals surface area contributed by atoms with Gasteiger partial charge in [0.05, 0.1) is 24.2 Å². The van der Waals surface area contributed by atoms with Crippen LogP contribution in [0.15, 0.2) is 58.3 Å². The highest BCUT2D eigenvalue weighted by molar-refractivity contribution is 7.99. The van der Waals surface area contributed by atoms with Gasteiger partial charge in [-0.25, -0.2) is 0 Å². The highest BCUT2D eigenvalue weighted by Crippen LogP contribution is 2.39. The number of carbonyl (C=O) groups excluding carboxylic acids is 8. The van der Waals surface area contributed by atoms with Crippen molar-refractivity contribution in [1.29, 1.82) is 0 Å². The van der Waals surface area contributed by atoms with Gasteiger partial charge in [-0.15, -0.1) is 23.5 Å². The van der Waals surface area contributed by atoms with E-state index in [2.05, 4.69) is 54.7 Å². The van der Waals surface area contributed by atoms with E-state index in [1.807, 2.05) is 50.2 Å². The molecule has 0 radical (unpaired) electrons. The van der Waals surface area contributed by atoms with Crippen molar-refractivity contribution in [3.8, 4) is 0 Å². The molecule has 2 saturated heterocycles. The first-order chi connectivity index (χ1) is 39.7. The smallest absolute Gasteiger partial charge is 0.246 e. The second kappa shape index (κ2) is 29.1. The lowest BCUT2D eigenvalue weighted by atomic mass is 9.81. The molecule has 18 nitrogen and oxygen atoms in total. The van der Waals surface area contributed by atoms with Crippen molar-refractivity contribution in [3.05, 3.63) is 59.7 Å². The van der Waals surface area contributed by atoms with Crippen molar-refractivity contribution in [2.24, 2.45) is 23.7 Å². The van der Waals surface area contributed by atoms with E-state index < -0.39 is 60.2 Å². The van der Waals surface area contributed by atoms with Gasteiger partial charge in [0.1, 0.15) is 24.2 Å². The Morgan fingerprint density at radius 2 is 0.866 bits per heavy atom. The third-order valence-electron chi connectivity index (χ3n) is 18.7. The van der Waals surface area contributed by atoms with Crippen LogP contribution in [0.2, 0.25) is 0 Å². The Morgan fingerprint density at radius 1 is 0.488 bits per heavy atom. The van der Waals surface area contributed by atoms with Crippen LogP contribution in [0.4, 0.5) is 0 Å². The Balaban J connectivity index is 0.858. The number of hydrogen-bond acceptors (Lipinski definition) is 12. The number of likely N-dealkylation sites (tertiary alicyclic amines) is 2. The van der Waals surface area contributed by atoms with Gasteiger partial charge in [-0.1, -0.05) is 88.8 Å². The Hall–Kier alpha value is -5.18. The van der Waals surface area contributed by atoms with Crippen LogP contribution in [-0.2, 0) is 38.4 Å². The molecule has 5 fully saturated rings. The Labute approximate surface area is 493 Å². The van der Waals surface area contributed by atoms with Crippen molar-refractivity contribution in [1.82, 2.24) is 52.3 Å². The normalized spacial score (nSPS) is 27.3. The number of carbonyl (C=O) groups is 8. The van der Waals surface area contributed by atoms with Crippen LogP contribution in [0.5, 0.6) is 0 Å². The Morgan fingerprint density at radius 3 is 1.24 bits per heavy atom. The third kappa shape index (κ3) is 15.0. The Bertz CT molecular complexity index is 2420. The summed E-state index contributed by atoms with van der Waals surface area (Å²) in [6.07, 6.45) is 12.8. The largest absolute Gasteiger partial charge is 0.351 e. The van der Waals surface area contributed by atoms with Crippen LogP contribution in [0.1, 0.15) is 166 Å². The van der Waals surface area contributed by atoms with Crippen LogP contribution < -0.4 is 42.5 Å². The van der Waals surface area contributed by atoms with E-state index in [0.717, 1.165) is 109 Å². The lowest BCUT2D eigenvalue weighted by Gasteiger charge is -2.35. The molecule has 7 aliphatic rings. The summed E-state index contributed by atoms with van der Waals surface area (Å²) in [6.45, 7) is 8.84. The maximum Gasteiger partial charge on any atom is 0.246 e. The lowest BCUT2D eigenvalue weighted by molar-refractivity contribution is -0.143. The minimum atomic E-state index is -0.868. The minimum absolute atomic E-state index is 0.0822. The number of likely N-dealkylation sites (N-methyl/N-ethyl adjacent to an activating group) is 2. The van der Waals surface area contributed by atoms with E-state index in [-0.39, 0.29) is 97.1 Å². The number of nitrogens with zero attached hydrogens (tertiary/aromatic N) is 2. The summed E-state index contributed by atoms with van der Waals surface area (Å²) in [4.78, 5) is 120. The molecule has 2 aromatic carbocycles. The van der Waals surface area contributed by atoms with Crippen LogP contribution in [0.3, 0.4) is 0 Å². The molecule has 448 valence electrons. The molecule has 0 unspecified atom stereocenters. The molecule has 20 heteroatoms. The van der Waals surface area contributed by atoms with Gasteiger partial charge in [0.25, 0.3) is 0 Å². The molecule has 4 aliphatic heterocycles. The number of amides is 8. The van der Waals surface area contributed by atoms with Crippen LogP contribution in [-0.4, -0.2) is 143 Å². The van der Waals surface area contributed by atoms with Crippen molar-refractivity contribution in [2.45, 2.75) is 213 Å². The molecule has 3 saturated carbocycles. The fourth-order valence-corrected chi connectivity index (χ4v) is 16.3. The van der Waals surface area contributed by atoms with E-state index in [1.54, 1.807) is 47.2 Å². The number of rotatable bonds is 20. The van der Waals surface area contributed by atoms with Gasteiger partial charge in [-0.05, 0) is 139 Å². The molecule has 0 bridgehead atoms. The van der Waals surface area contributed by atoms with Gasteiger partial charge in [0, 0.05) is 58.3 Å². The predicted octanol–water partition coefficient (Wildman–Crippen LogP) is 5.80. The minimum Gasteiger partial charge on any atom is -0.351 e. The predicted molar refractivity (Wildman–Crippen MR) is 318 cm³/mol. The second-order valence-electron chi connectivity index (χ2n) is 24.2. The van der Waals surface area contributed by atoms with Crippen molar-refractivity contribution in [2.75, 3.05) is 37.7 Å². The monoisotopic (exact) mass is 1170 g/mol. The summed E-state index contributed by atoms with van der Waals surface area (Å²) in [6, 6.07) is 10.2. The SMILES string of the molecule is CCN[C@@H](C)C(=O)N[C@H](C(=O)N1C[C@@H](NC(=O)C2CCC(C(=O)N[C@H]3C[C@@H](C(=O)N[C@@H]4CCSc5ccccc54)N(C(=O)[C@@H](NC(=O)[C@H](C)NCC)C4CCCCC4)C3)CC2)C[C@H]1C(=O)N[C@H]1CCSc2ccccc21)C1CCCCC1. The lowest BCUT2D eigenvalue weighted by Crippen LogP contribution is -2.58. The average Bonchev–Trinajstić information content (AvgIpc) is 4.21. The van der Waals surface area contributed by atoms with Crippen LogP contribution >= 0.6 is 23.5 Å². The molecule has 0 aromatic heterocycles. The molecular formula is C62H90N10O8S2. The summed E-state index contributed by atoms with van der Waals surface area (Å²) in [7, 11) is 0. The van der Waals surface area contributed by atoms with Gasteiger partial charge in [-0.2, -0.15) is 0 Å². The molecule has 82 heavy (non-hydrogen) atoms. The number of fused-ring (bicyclic) bond motifs is 2. The van der Waals surface area contributed by atoms with Gasteiger partial charge in [0.15, 0.2) is 0 Å². The molecule has 10 atom stereocenters. The zero-order valence-electron chi connectivity index (χ0n) is 48.6. The molecular weight excluding hydrogens is 1080 g/mol. The maximum atomic E-state index is 15.0. The first-order valence-electron chi connectivity index (χ1n) is 31.0. The summed E-state index contributed by atoms with van der Waals surface area (Å²) < 4.78 is 0. The number of thioether (sulfide) groups is 2. The van der Waals surface area contributed by atoms with Gasteiger partial charge < -0.3 is 52.3 Å². The third-order valence-corrected chi connectivity index (χ3v) is 20.9. The van der Waals surface area contributed by atoms with Gasteiger partial charge >= 0.3 is 0 Å².